The van der Waals surface area contributed by atoms with Gasteiger partial charge in [-0.2, -0.15) is 5.10 Å². The lowest BCUT2D eigenvalue weighted by Crippen LogP contribution is -2.25. The molecule has 1 heterocycles. The Balaban J connectivity index is 1.42. The fourth-order valence-corrected chi connectivity index (χ4v) is 3.26. The fraction of sp³-hybridized carbons (Fsp3) is 0.200. The number of amides is 1. The minimum absolute atomic E-state index is 0.0337. The van der Waals surface area contributed by atoms with Gasteiger partial charge in [0.15, 0.2) is 0 Å². The van der Waals surface area contributed by atoms with E-state index in [4.69, 9.17) is 5.14 Å². The number of carbonyl (C=O) groups excluding carboxylic acids is 1. The van der Waals surface area contributed by atoms with Crippen molar-refractivity contribution in [3.63, 3.8) is 0 Å². The maximum Gasteiger partial charge on any atom is 0.238 e. The van der Waals surface area contributed by atoms with Gasteiger partial charge in [-0.15, -0.1) is 0 Å². The van der Waals surface area contributed by atoms with Crippen molar-refractivity contribution >= 4 is 15.9 Å². The van der Waals surface area contributed by atoms with E-state index in [1.165, 1.54) is 12.1 Å². The summed E-state index contributed by atoms with van der Waals surface area (Å²) in [6.07, 6.45) is 5.30. The summed E-state index contributed by atoms with van der Waals surface area (Å²) >= 11 is 0. The Bertz CT molecular complexity index is 1030. The van der Waals surface area contributed by atoms with Crippen LogP contribution < -0.4 is 10.5 Å². The molecule has 0 aliphatic heterocycles. The molecule has 2 aromatic carbocycles. The lowest BCUT2D eigenvalue weighted by molar-refractivity contribution is -0.121. The van der Waals surface area contributed by atoms with Gasteiger partial charge in [0.1, 0.15) is 0 Å². The first-order valence-electron chi connectivity index (χ1n) is 8.89. The van der Waals surface area contributed by atoms with Crippen molar-refractivity contribution in [2.45, 2.75) is 24.2 Å². The summed E-state index contributed by atoms with van der Waals surface area (Å²) in [5, 5.41) is 12.3. The van der Waals surface area contributed by atoms with E-state index in [1.807, 2.05) is 36.5 Å². The topological polar surface area (TPSA) is 107 Å². The predicted molar refractivity (Wildman–Crippen MR) is 106 cm³/mol. The van der Waals surface area contributed by atoms with Gasteiger partial charge in [-0.3, -0.25) is 4.79 Å². The summed E-state index contributed by atoms with van der Waals surface area (Å²) in [5.74, 6) is -0.0337. The van der Waals surface area contributed by atoms with Crippen molar-refractivity contribution in [1.82, 2.24) is 15.1 Å². The SMILES string of the molecule is NS(=O)(=O)c1ccc(CCNC(=O)CCc2cnn(-c3ccccc3)c2)cc1. The van der Waals surface area contributed by atoms with E-state index >= 15 is 0 Å². The lowest BCUT2D eigenvalue weighted by atomic mass is 10.1. The van der Waals surface area contributed by atoms with E-state index in [0.29, 0.717) is 25.8 Å². The zero-order valence-corrected chi connectivity index (χ0v) is 16.1. The molecule has 28 heavy (non-hydrogen) atoms. The standard InChI is InChI=1S/C20H22N4O3S/c21-28(26,27)19-9-6-16(7-10-19)12-13-22-20(25)11-8-17-14-23-24(15-17)18-4-2-1-3-5-18/h1-7,9-10,14-15H,8,11-13H2,(H,22,25)(H2,21,26,27). The number of nitrogens with one attached hydrogen (secondary N) is 1. The maximum atomic E-state index is 12.0. The molecule has 0 saturated heterocycles. The van der Waals surface area contributed by atoms with E-state index in [2.05, 4.69) is 10.4 Å². The monoisotopic (exact) mass is 398 g/mol. The summed E-state index contributed by atoms with van der Waals surface area (Å²) in [7, 11) is -3.68. The number of primary sulfonamides is 1. The van der Waals surface area contributed by atoms with Crippen LogP contribution in [0.3, 0.4) is 0 Å². The van der Waals surface area contributed by atoms with E-state index in [-0.39, 0.29) is 10.8 Å². The zero-order chi connectivity index (χ0) is 20.0. The van der Waals surface area contributed by atoms with Gasteiger partial charge < -0.3 is 5.32 Å². The average Bonchev–Trinajstić information content (AvgIpc) is 3.16. The van der Waals surface area contributed by atoms with Gasteiger partial charge in [0.05, 0.1) is 16.8 Å². The third-order valence-electron chi connectivity index (χ3n) is 4.29. The summed E-state index contributed by atoms with van der Waals surface area (Å²) in [5.41, 5.74) is 2.90. The molecule has 0 aliphatic rings. The Morgan fingerprint density at radius 3 is 2.39 bits per heavy atom. The number of nitrogens with two attached hydrogens (primary N) is 1. The molecule has 0 fully saturated rings. The summed E-state index contributed by atoms with van der Waals surface area (Å²) in [6, 6.07) is 16.1. The first kappa shape index (κ1) is 19.8. The third-order valence-corrected chi connectivity index (χ3v) is 5.21. The summed E-state index contributed by atoms with van der Waals surface area (Å²) in [4.78, 5) is 12.1. The van der Waals surface area contributed by atoms with E-state index < -0.39 is 10.0 Å². The number of carbonyl (C=O) groups is 1. The largest absolute Gasteiger partial charge is 0.356 e. The van der Waals surface area contributed by atoms with Crippen molar-refractivity contribution in [1.29, 1.82) is 0 Å². The second-order valence-corrected chi connectivity index (χ2v) is 7.98. The van der Waals surface area contributed by atoms with Gasteiger partial charge in [-0.25, -0.2) is 18.2 Å². The molecule has 0 radical (unpaired) electrons. The van der Waals surface area contributed by atoms with E-state index in [9.17, 15) is 13.2 Å². The van der Waals surface area contributed by atoms with Gasteiger partial charge in [0.25, 0.3) is 0 Å². The van der Waals surface area contributed by atoms with Crippen molar-refractivity contribution in [2.24, 2.45) is 5.14 Å². The molecule has 0 spiro atoms. The molecular weight excluding hydrogens is 376 g/mol. The van der Waals surface area contributed by atoms with Crippen LogP contribution in [0.2, 0.25) is 0 Å². The second-order valence-electron chi connectivity index (χ2n) is 6.42. The minimum Gasteiger partial charge on any atom is -0.356 e. The average molecular weight is 398 g/mol. The number of sulfonamides is 1. The van der Waals surface area contributed by atoms with Crippen LogP contribution in [0, 0.1) is 0 Å². The molecule has 3 aromatic rings. The Morgan fingerprint density at radius 2 is 1.71 bits per heavy atom. The number of benzene rings is 2. The number of aromatic nitrogens is 2. The highest BCUT2D eigenvalue weighted by Gasteiger charge is 2.08. The van der Waals surface area contributed by atoms with Crippen LogP contribution in [0.5, 0.6) is 0 Å². The molecule has 7 nitrogen and oxygen atoms in total. The predicted octanol–water partition coefficient (Wildman–Crippen LogP) is 1.81. The van der Waals surface area contributed by atoms with Crippen LogP contribution in [0.1, 0.15) is 17.5 Å². The Hall–Kier alpha value is -2.97. The quantitative estimate of drug-likeness (QED) is 0.603. The van der Waals surface area contributed by atoms with Crippen LogP contribution in [-0.2, 0) is 27.7 Å². The van der Waals surface area contributed by atoms with Crippen molar-refractivity contribution in [3.05, 3.63) is 78.1 Å². The number of para-hydroxylation sites is 1. The molecule has 1 amide bonds. The van der Waals surface area contributed by atoms with Crippen LogP contribution in [-0.4, -0.2) is 30.7 Å². The minimum atomic E-state index is -3.68. The molecule has 0 unspecified atom stereocenters. The molecule has 3 N–H and O–H groups in total. The fourth-order valence-electron chi connectivity index (χ4n) is 2.75. The molecule has 1 aromatic heterocycles. The van der Waals surface area contributed by atoms with Crippen LogP contribution in [0.4, 0.5) is 0 Å². The molecule has 0 bridgehead atoms. The van der Waals surface area contributed by atoms with Crippen molar-refractivity contribution < 1.29 is 13.2 Å². The summed E-state index contributed by atoms with van der Waals surface area (Å²) in [6.45, 7) is 0.483. The van der Waals surface area contributed by atoms with Gasteiger partial charge in [-0.05, 0) is 48.2 Å². The van der Waals surface area contributed by atoms with Gasteiger partial charge >= 0.3 is 0 Å². The molecule has 3 rings (SSSR count). The number of nitrogens with zero attached hydrogens (tertiary/aromatic N) is 2. The number of rotatable bonds is 8. The molecule has 146 valence electrons. The van der Waals surface area contributed by atoms with Gasteiger partial charge in [0, 0.05) is 19.2 Å². The molecular formula is C20H22N4O3S. The van der Waals surface area contributed by atoms with Crippen LogP contribution >= 0.6 is 0 Å². The highest BCUT2D eigenvalue weighted by molar-refractivity contribution is 7.89. The number of aryl methyl sites for hydroxylation is 1. The van der Waals surface area contributed by atoms with Gasteiger partial charge in [0.2, 0.25) is 15.9 Å². The molecule has 8 heteroatoms. The Morgan fingerprint density at radius 1 is 1.00 bits per heavy atom. The normalized spacial score (nSPS) is 11.3. The van der Waals surface area contributed by atoms with E-state index in [0.717, 1.165) is 16.8 Å². The zero-order valence-electron chi connectivity index (χ0n) is 15.3. The lowest BCUT2D eigenvalue weighted by Gasteiger charge is -2.06. The number of hydrogen-bond acceptors (Lipinski definition) is 4. The maximum absolute atomic E-state index is 12.0. The summed E-state index contributed by atoms with van der Waals surface area (Å²) < 4.78 is 24.3. The van der Waals surface area contributed by atoms with Crippen molar-refractivity contribution in [2.75, 3.05) is 6.54 Å². The third kappa shape index (κ3) is 5.51. The smallest absolute Gasteiger partial charge is 0.238 e. The molecule has 0 aliphatic carbocycles. The Kier molecular flexibility index (Phi) is 6.23. The first-order valence-corrected chi connectivity index (χ1v) is 10.4. The Labute approximate surface area is 164 Å². The van der Waals surface area contributed by atoms with Crippen molar-refractivity contribution in [3.8, 4) is 5.69 Å². The molecule has 0 saturated carbocycles. The molecule has 0 atom stereocenters. The van der Waals surface area contributed by atoms with Crippen LogP contribution in [0.25, 0.3) is 5.69 Å². The highest BCUT2D eigenvalue weighted by atomic mass is 32.2. The van der Waals surface area contributed by atoms with Crippen LogP contribution in [0.15, 0.2) is 71.9 Å². The van der Waals surface area contributed by atoms with E-state index in [1.54, 1.807) is 23.0 Å². The highest BCUT2D eigenvalue weighted by Crippen LogP contribution is 2.10. The van der Waals surface area contributed by atoms with Gasteiger partial charge in [-0.1, -0.05) is 30.3 Å². The second kappa shape index (κ2) is 8.81. The number of hydrogen-bond donors (Lipinski definition) is 2. The first-order chi connectivity index (χ1) is 13.4.